The molecule has 0 rings (SSSR count). The molecular weight excluding hydrogens is 174 g/mol. The molecule has 0 fully saturated rings. The molecule has 0 aliphatic rings. The summed E-state index contributed by atoms with van der Waals surface area (Å²) in [5.41, 5.74) is 4.56. The zero-order valence-electron chi connectivity index (χ0n) is 5.67. The smallest absolute Gasteiger partial charge is 0.480 e. The summed E-state index contributed by atoms with van der Waals surface area (Å²) >= 11 is 0. The fourth-order valence-corrected chi connectivity index (χ4v) is 0.106. The second kappa shape index (κ2) is 5.92. The lowest BCUT2D eigenvalue weighted by molar-refractivity contribution is -0.149. The van der Waals surface area contributed by atoms with E-state index in [-0.39, 0.29) is 0 Å². The molecule has 0 saturated carbocycles. The highest BCUT2D eigenvalue weighted by Crippen LogP contribution is 1.74. The Balaban J connectivity index is 0. The number of carbonyl (C=O) groups is 3. The summed E-state index contributed by atoms with van der Waals surface area (Å²) < 4.78 is 0. The van der Waals surface area contributed by atoms with Crippen LogP contribution in [-0.4, -0.2) is 44.6 Å². The van der Waals surface area contributed by atoms with Crippen LogP contribution in [-0.2, 0) is 9.59 Å². The van der Waals surface area contributed by atoms with Crippen LogP contribution in [0.15, 0.2) is 0 Å². The van der Waals surface area contributed by atoms with E-state index in [9.17, 15) is 9.59 Å². The molecule has 0 aromatic heterocycles. The summed E-state index contributed by atoms with van der Waals surface area (Å²) in [6.45, 7) is 0. The van der Waals surface area contributed by atoms with Crippen LogP contribution in [0.3, 0.4) is 0 Å². The van der Waals surface area contributed by atoms with Gasteiger partial charge < -0.3 is 26.2 Å². The van der Waals surface area contributed by atoms with E-state index in [1.807, 2.05) is 0 Å². The van der Waals surface area contributed by atoms with Gasteiger partial charge in [0, 0.05) is 0 Å². The van der Waals surface area contributed by atoms with Crippen molar-refractivity contribution in [1.82, 2.24) is 0 Å². The standard InChI is InChI=1S/C3H5NO4.CH2O3/c4-1(2(5)6)3(7)8;2-1(3)4/h1H,4H2,(H,5,6)(H,7,8);(H2,2,3,4). The van der Waals surface area contributed by atoms with Crippen molar-refractivity contribution in [1.29, 1.82) is 0 Å². The van der Waals surface area contributed by atoms with Crippen molar-refractivity contribution in [2.24, 2.45) is 5.73 Å². The van der Waals surface area contributed by atoms with Crippen molar-refractivity contribution >= 4 is 18.1 Å². The molecular formula is C4H7NO7. The quantitative estimate of drug-likeness (QED) is 0.329. The van der Waals surface area contributed by atoms with E-state index in [0.717, 1.165) is 0 Å². The van der Waals surface area contributed by atoms with Gasteiger partial charge in [0.2, 0.25) is 6.04 Å². The first kappa shape index (κ1) is 12.8. The first-order chi connectivity index (χ1) is 5.29. The fourth-order valence-electron chi connectivity index (χ4n) is 0.106. The highest BCUT2D eigenvalue weighted by atomic mass is 16.6. The van der Waals surface area contributed by atoms with Crippen LogP contribution in [0.4, 0.5) is 4.79 Å². The van der Waals surface area contributed by atoms with Crippen molar-refractivity contribution in [2.75, 3.05) is 0 Å². The first-order valence-corrected chi connectivity index (χ1v) is 2.42. The number of rotatable bonds is 2. The van der Waals surface area contributed by atoms with E-state index in [0.29, 0.717) is 0 Å². The predicted molar refractivity (Wildman–Crippen MR) is 33.9 cm³/mol. The molecule has 0 atom stereocenters. The van der Waals surface area contributed by atoms with E-state index in [1.165, 1.54) is 0 Å². The van der Waals surface area contributed by atoms with Crippen LogP contribution >= 0.6 is 0 Å². The average molecular weight is 181 g/mol. The lowest BCUT2D eigenvalue weighted by Gasteiger charge is -1.95. The Morgan fingerprint density at radius 2 is 1.08 bits per heavy atom. The van der Waals surface area contributed by atoms with Crippen molar-refractivity contribution < 1.29 is 34.8 Å². The Morgan fingerprint density at radius 1 is 0.917 bits per heavy atom. The van der Waals surface area contributed by atoms with Gasteiger partial charge in [0.05, 0.1) is 0 Å². The van der Waals surface area contributed by atoms with Gasteiger partial charge in [-0.1, -0.05) is 0 Å². The number of carboxylic acids is 2. The summed E-state index contributed by atoms with van der Waals surface area (Å²) in [6, 6.07) is -1.80. The second-order valence-electron chi connectivity index (χ2n) is 1.44. The number of nitrogens with two attached hydrogens (primary N) is 1. The first-order valence-electron chi connectivity index (χ1n) is 2.42. The molecule has 0 saturated heterocycles. The van der Waals surface area contributed by atoms with Gasteiger partial charge in [0.1, 0.15) is 0 Å². The lowest BCUT2D eigenvalue weighted by Crippen LogP contribution is -2.38. The molecule has 6 N–H and O–H groups in total. The molecule has 70 valence electrons. The summed E-state index contributed by atoms with van der Waals surface area (Å²) in [7, 11) is 0. The molecule has 0 amide bonds. The van der Waals surface area contributed by atoms with Crippen LogP contribution in [0.2, 0.25) is 0 Å². The molecule has 12 heavy (non-hydrogen) atoms. The van der Waals surface area contributed by atoms with Gasteiger partial charge in [-0.2, -0.15) is 0 Å². The van der Waals surface area contributed by atoms with E-state index >= 15 is 0 Å². The van der Waals surface area contributed by atoms with Gasteiger partial charge in [-0.25, -0.2) is 14.4 Å². The fraction of sp³-hybridized carbons (Fsp3) is 0.250. The Bertz CT molecular complexity index is 170. The van der Waals surface area contributed by atoms with Crippen LogP contribution < -0.4 is 5.73 Å². The monoisotopic (exact) mass is 181 g/mol. The topological polar surface area (TPSA) is 158 Å². The SMILES string of the molecule is NC(C(=O)O)C(=O)O.O=C(O)O. The molecule has 0 heterocycles. The van der Waals surface area contributed by atoms with Gasteiger partial charge in [0.15, 0.2) is 0 Å². The Morgan fingerprint density at radius 3 is 1.08 bits per heavy atom. The largest absolute Gasteiger partial charge is 0.503 e. The Hall–Kier alpha value is -1.83. The molecule has 0 radical (unpaired) electrons. The summed E-state index contributed by atoms with van der Waals surface area (Å²) in [5.74, 6) is -3.06. The molecule has 8 heteroatoms. The zero-order chi connectivity index (χ0) is 10.3. The molecule has 0 aliphatic heterocycles. The van der Waals surface area contributed by atoms with Crippen molar-refractivity contribution in [3.05, 3.63) is 0 Å². The second-order valence-corrected chi connectivity index (χ2v) is 1.44. The van der Waals surface area contributed by atoms with Crippen LogP contribution in [0.5, 0.6) is 0 Å². The van der Waals surface area contributed by atoms with Crippen LogP contribution in [0.1, 0.15) is 0 Å². The minimum absolute atomic E-state index is 1.53. The maximum atomic E-state index is 9.63. The number of hydrogen-bond acceptors (Lipinski definition) is 4. The molecule has 0 aromatic carbocycles. The van der Waals surface area contributed by atoms with Gasteiger partial charge in [0.25, 0.3) is 0 Å². The van der Waals surface area contributed by atoms with E-state index < -0.39 is 24.1 Å². The minimum atomic E-state index is -1.83. The van der Waals surface area contributed by atoms with Crippen LogP contribution in [0.25, 0.3) is 0 Å². The third kappa shape index (κ3) is 11.0. The molecule has 0 spiro atoms. The van der Waals surface area contributed by atoms with Crippen LogP contribution in [0, 0.1) is 0 Å². The van der Waals surface area contributed by atoms with E-state index in [4.69, 9.17) is 25.2 Å². The molecule has 0 aliphatic carbocycles. The minimum Gasteiger partial charge on any atom is -0.480 e. The van der Waals surface area contributed by atoms with Crippen molar-refractivity contribution in [2.45, 2.75) is 6.04 Å². The highest BCUT2D eigenvalue weighted by Gasteiger charge is 2.18. The van der Waals surface area contributed by atoms with Gasteiger partial charge >= 0.3 is 18.1 Å². The van der Waals surface area contributed by atoms with Crippen molar-refractivity contribution in [3.8, 4) is 0 Å². The van der Waals surface area contributed by atoms with E-state index in [1.54, 1.807) is 0 Å². The summed E-state index contributed by atoms with van der Waals surface area (Å²) in [6.07, 6.45) is -1.83. The lowest BCUT2D eigenvalue weighted by atomic mass is 10.3. The third-order valence-electron chi connectivity index (χ3n) is 0.532. The van der Waals surface area contributed by atoms with Gasteiger partial charge in [-0.3, -0.25) is 0 Å². The maximum absolute atomic E-state index is 9.63. The Labute approximate surface area is 65.8 Å². The zero-order valence-corrected chi connectivity index (χ0v) is 5.67. The molecule has 0 bridgehead atoms. The molecule has 0 unspecified atom stereocenters. The number of carboxylic acid groups (broad SMARTS) is 4. The van der Waals surface area contributed by atoms with Gasteiger partial charge in [-0.05, 0) is 0 Å². The predicted octanol–water partition coefficient (Wildman–Crippen LogP) is -1.29. The average Bonchev–Trinajstić information content (AvgIpc) is 1.84. The normalized spacial score (nSPS) is 8.17. The number of aliphatic carboxylic acids is 2. The highest BCUT2D eigenvalue weighted by molar-refractivity contribution is 5.96. The molecule has 0 aromatic rings. The summed E-state index contributed by atoms with van der Waals surface area (Å²) in [5, 5.41) is 29.6. The Kier molecular flexibility index (Phi) is 6.32. The van der Waals surface area contributed by atoms with Crippen molar-refractivity contribution in [3.63, 3.8) is 0 Å². The number of hydrogen-bond donors (Lipinski definition) is 5. The summed E-state index contributed by atoms with van der Waals surface area (Å²) in [4.78, 5) is 27.8. The van der Waals surface area contributed by atoms with Gasteiger partial charge in [-0.15, -0.1) is 0 Å². The van der Waals surface area contributed by atoms with E-state index in [2.05, 4.69) is 5.73 Å². The third-order valence-corrected chi connectivity index (χ3v) is 0.532. The maximum Gasteiger partial charge on any atom is 0.503 e. The molecule has 8 nitrogen and oxygen atoms in total.